The number of carbonyl (C=O) groups is 3. The first-order valence-corrected chi connectivity index (χ1v) is 13.5. The summed E-state index contributed by atoms with van der Waals surface area (Å²) in [4.78, 5) is 42.6. The Labute approximate surface area is 229 Å². The molecule has 5 N–H and O–H groups in total. The van der Waals surface area contributed by atoms with Crippen molar-refractivity contribution < 1.29 is 19.5 Å². The van der Waals surface area contributed by atoms with Crippen LogP contribution in [0.5, 0.6) is 0 Å². The minimum Gasteiger partial charge on any atom is -0.389 e. The predicted octanol–water partition coefficient (Wildman–Crippen LogP) is 2.76. The highest BCUT2D eigenvalue weighted by Gasteiger charge is 2.43. The van der Waals surface area contributed by atoms with E-state index in [1.807, 2.05) is 71.9 Å². The van der Waals surface area contributed by atoms with Crippen LogP contribution in [0.15, 0.2) is 30.3 Å². The second-order valence-corrected chi connectivity index (χ2v) is 12.6. The highest BCUT2D eigenvalue weighted by molar-refractivity contribution is 5.88. The summed E-state index contributed by atoms with van der Waals surface area (Å²) < 4.78 is 0. The molecular weight excluding hydrogens is 482 g/mol. The van der Waals surface area contributed by atoms with E-state index in [1.54, 1.807) is 11.9 Å². The number of primary amides is 1. The average Bonchev–Trinajstić information content (AvgIpc) is 2.77. The number of nitrogens with one attached hydrogen (secondary N) is 2. The number of hydrogen-bond donors (Lipinski definition) is 4. The summed E-state index contributed by atoms with van der Waals surface area (Å²) >= 11 is 0. The van der Waals surface area contributed by atoms with Crippen LogP contribution in [-0.4, -0.2) is 83.2 Å². The lowest BCUT2D eigenvalue weighted by molar-refractivity contribution is -0.149. The lowest BCUT2D eigenvalue weighted by Crippen LogP contribution is -2.64. The molecular formula is C29H51N5O4. The van der Waals surface area contributed by atoms with Crippen molar-refractivity contribution in [3.8, 4) is 0 Å². The first-order chi connectivity index (χ1) is 17.5. The zero-order valence-corrected chi connectivity index (χ0v) is 24.9. The monoisotopic (exact) mass is 533 g/mol. The molecule has 0 bridgehead atoms. The van der Waals surface area contributed by atoms with Crippen LogP contribution < -0.4 is 16.4 Å². The van der Waals surface area contributed by atoms with E-state index in [0.717, 1.165) is 12.0 Å². The molecule has 0 spiro atoms. The highest BCUT2D eigenvalue weighted by atomic mass is 16.3. The fourth-order valence-electron chi connectivity index (χ4n) is 4.46. The molecule has 9 heteroatoms. The van der Waals surface area contributed by atoms with Crippen molar-refractivity contribution in [3.05, 3.63) is 35.9 Å². The van der Waals surface area contributed by atoms with Crippen molar-refractivity contribution in [3.63, 3.8) is 0 Å². The quantitative estimate of drug-likeness (QED) is 0.310. The van der Waals surface area contributed by atoms with Crippen LogP contribution in [-0.2, 0) is 16.0 Å². The number of rotatable bonds is 13. The molecule has 0 aliphatic carbocycles. The van der Waals surface area contributed by atoms with E-state index in [2.05, 4.69) is 24.5 Å². The van der Waals surface area contributed by atoms with Crippen LogP contribution in [0.4, 0.5) is 4.79 Å². The van der Waals surface area contributed by atoms with Crippen LogP contribution >= 0.6 is 0 Å². The molecule has 9 nitrogen and oxygen atoms in total. The molecule has 1 rings (SSSR count). The third-order valence-electron chi connectivity index (χ3n) is 6.23. The van der Waals surface area contributed by atoms with Crippen molar-refractivity contribution >= 4 is 17.8 Å². The van der Waals surface area contributed by atoms with Crippen molar-refractivity contribution in [2.24, 2.45) is 17.1 Å². The Bertz CT molecular complexity index is 892. The Morgan fingerprint density at radius 2 is 1.61 bits per heavy atom. The summed E-state index contributed by atoms with van der Waals surface area (Å²) in [5.74, 6) is -0.639. The Kier molecular flexibility index (Phi) is 12.7. The van der Waals surface area contributed by atoms with Gasteiger partial charge in [-0.1, -0.05) is 65.0 Å². The first-order valence-electron chi connectivity index (χ1n) is 13.5. The van der Waals surface area contributed by atoms with Gasteiger partial charge in [0.2, 0.25) is 11.8 Å². The van der Waals surface area contributed by atoms with Crippen LogP contribution in [0.3, 0.4) is 0 Å². The number of amides is 4. The molecule has 0 fully saturated rings. The van der Waals surface area contributed by atoms with Crippen LogP contribution in [0.25, 0.3) is 0 Å². The molecule has 4 amide bonds. The minimum absolute atomic E-state index is 0.00884. The van der Waals surface area contributed by atoms with Gasteiger partial charge in [-0.3, -0.25) is 9.59 Å². The van der Waals surface area contributed by atoms with Crippen LogP contribution in [0.1, 0.15) is 67.4 Å². The van der Waals surface area contributed by atoms with Crippen molar-refractivity contribution in [2.45, 2.75) is 92.0 Å². The summed E-state index contributed by atoms with van der Waals surface area (Å²) in [5.41, 5.74) is 5.62. The fraction of sp³-hybridized carbons (Fsp3) is 0.690. The van der Waals surface area contributed by atoms with Crippen LogP contribution in [0.2, 0.25) is 0 Å². The maximum Gasteiger partial charge on any atom is 0.317 e. The third-order valence-corrected chi connectivity index (χ3v) is 6.23. The molecule has 0 saturated heterocycles. The molecule has 0 aliphatic rings. The minimum atomic E-state index is -1.14. The van der Waals surface area contributed by atoms with Crippen molar-refractivity contribution in [1.82, 2.24) is 20.4 Å². The Hall–Kier alpha value is -2.65. The topological polar surface area (TPSA) is 128 Å². The van der Waals surface area contributed by atoms with Crippen LogP contribution in [0, 0.1) is 11.3 Å². The number of benzene rings is 1. The second kappa shape index (κ2) is 14.5. The summed E-state index contributed by atoms with van der Waals surface area (Å²) in [7, 11) is 1.65. The van der Waals surface area contributed by atoms with Gasteiger partial charge in [-0.2, -0.15) is 0 Å². The average molecular weight is 534 g/mol. The van der Waals surface area contributed by atoms with Gasteiger partial charge in [0.15, 0.2) is 0 Å². The number of aliphatic hydroxyl groups excluding tert-OH is 1. The zero-order valence-electron chi connectivity index (χ0n) is 24.9. The van der Waals surface area contributed by atoms with E-state index in [4.69, 9.17) is 5.73 Å². The van der Waals surface area contributed by atoms with E-state index in [0.29, 0.717) is 12.5 Å². The van der Waals surface area contributed by atoms with Gasteiger partial charge in [0.05, 0.1) is 25.2 Å². The molecule has 0 heterocycles. The van der Waals surface area contributed by atoms with Gasteiger partial charge < -0.3 is 31.3 Å². The van der Waals surface area contributed by atoms with Gasteiger partial charge in [0.25, 0.3) is 0 Å². The lowest BCUT2D eigenvalue weighted by atomic mass is 9.83. The molecule has 38 heavy (non-hydrogen) atoms. The van der Waals surface area contributed by atoms with Gasteiger partial charge >= 0.3 is 6.03 Å². The Morgan fingerprint density at radius 3 is 2.05 bits per heavy atom. The predicted molar refractivity (Wildman–Crippen MR) is 152 cm³/mol. The number of nitrogens with two attached hydrogens (primary N) is 1. The number of urea groups is 1. The van der Waals surface area contributed by atoms with Gasteiger partial charge in [-0.15, -0.1) is 0 Å². The summed E-state index contributed by atoms with van der Waals surface area (Å²) in [6, 6.07) is 7.44. The number of likely N-dealkylation sites (N-methyl/N-ethyl adjacent to an activating group) is 1. The number of nitrogens with zero attached hydrogens (tertiary/aromatic N) is 2. The van der Waals surface area contributed by atoms with Crippen molar-refractivity contribution in [1.29, 1.82) is 0 Å². The van der Waals surface area contributed by atoms with Gasteiger partial charge in [-0.05, 0) is 57.6 Å². The number of carbonyl (C=O) groups excluding carboxylic acids is 3. The Balaban J connectivity index is 3.57. The fourth-order valence-corrected chi connectivity index (χ4v) is 4.46. The molecule has 0 unspecified atom stereocenters. The zero-order chi connectivity index (χ0) is 29.3. The third kappa shape index (κ3) is 11.0. The SMILES string of the molecule is CNCC(=O)N([C@@H](Cc1ccccc1)[C@H](O)CN(CCC(C)C)C(=O)NC(C)(C)C)[C@H](C(N)=O)C(C)(C)C. The number of hydrogen-bond acceptors (Lipinski definition) is 5. The van der Waals surface area contributed by atoms with E-state index in [1.165, 1.54) is 4.90 Å². The molecule has 0 aliphatic heterocycles. The van der Waals surface area contributed by atoms with Crippen molar-refractivity contribution in [2.75, 3.05) is 26.7 Å². The lowest BCUT2D eigenvalue weighted by Gasteiger charge is -2.45. The standard InChI is InChI=1S/C29H51N5O4/c1-20(2)15-16-33(27(38)32-29(6,7)8)19-23(35)22(17-21-13-11-10-12-14-21)34(24(36)18-31-9)25(26(30)37)28(3,4)5/h10-14,20,22-23,25,31,35H,15-19H2,1-9H3,(H2,30,37)(H,32,38)/t22-,23+,25+/m0/s1. The number of aliphatic hydroxyl groups is 1. The summed E-state index contributed by atoms with van der Waals surface area (Å²) in [6.07, 6.45) is -0.101. The maximum absolute atomic E-state index is 13.5. The van der Waals surface area contributed by atoms with E-state index in [9.17, 15) is 19.5 Å². The van der Waals surface area contributed by atoms with Gasteiger partial charge in [0, 0.05) is 12.1 Å². The molecule has 1 aromatic carbocycles. The summed E-state index contributed by atoms with van der Waals surface area (Å²) in [6.45, 7) is 15.8. The second-order valence-electron chi connectivity index (χ2n) is 12.6. The van der Waals surface area contributed by atoms with Gasteiger partial charge in [0.1, 0.15) is 6.04 Å². The van der Waals surface area contributed by atoms with E-state index >= 15 is 0 Å². The molecule has 0 aromatic heterocycles. The smallest absolute Gasteiger partial charge is 0.317 e. The van der Waals surface area contributed by atoms with Gasteiger partial charge in [-0.25, -0.2) is 4.79 Å². The van der Waals surface area contributed by atoms with E-state index < -0.39 is 35.0 Å². The van der Waals surface area contributed by atoms with E-state index in [-0.39, 0.29) is 31.4 Å². The molecule has 3 atom stereocenters. The molecule has 216 valence electrons. The molecule has 0 saturated carbocycles. The summed E-state index contributed by atoms with van der Waals surface area (Å²) in [5, 5.41) is 17.6. The first kappa shape index (κ1) is 33.4. The largest absolute Gasteiger partial charge is 0.389 e. The maximum atomic E-state index is 13.5. The normalized spacial score (nSPS) is 14.5. The Morgan fingerprint density at radius 1 is 1.03 bits per heavy atom. The molecule has 0 radical (unpaired) electrons. The highest BCUT2D eigenvalue weighted by Crippen LogP contribution is 2.29. The molecule has 1 aromatic rings.